The number of aromatic amines is 2. The van der Waals surface area contributed by atoms with Crippen LogP contribution in [-0.4, -0.2) is 26.2 Å². The Bertz CT molecular complexity index is 740. The SMILES string of the molecule is O=C(O)c1cc[nH]c1-c1cc2ccc(O)cc2[nH]1. The summed E-state index contributed by atoms with van der Waals surface area (Å²) in [6.07, 6.45) is 1.59. The highest BCUT2D eigenvalue weighted by Crippen LogP contribution is 2.27. The zero-order valence-electron chi connectivity index (χ0n) is 9.27. The van der Waals surface area contributed by atoms with Gasteiger partial charge in [-0.3, -0.25) is 0 Å². The molecule has 3 rings (SSSR count). The average Bonchev–Trinajstić information content (AvgIpc) is 2.93. The lowest BCUT2D eigenvalue weighted by Gasteiger charge is -1.96. The van der Waals surface area contributed by atoms with Gasteiger partial charge in [0.2, 0.25) is 0 Å². The van der Waals surface area contributed by atoms with Crippen molar-refractivity contribution in [3.63, 3.8) is 0 Å². The third kappa shape index (κ3) is 1.53. The lowest BCUT2D eigenvalue weighted by atomic mass is 10.2. The quantitative estimate of drug-likeness (QED) is 0.556. The van der Waals surface area contributed by atoms with Gasteiger partial charge in [-0.1, -0.05) is 0 Å². The molecule has 0 saturated heterocycles. The summed E-state index contributed by atoms with van der Waals surface area (Å²) in [5.41, 5.74) is 2.18. The summed E-state index contributed by atoms with van der Waals surface area (Å²) in [6.45, 7) is 0. The molecular formula is C13H10N2O3. The molecule has 5 nitrogen and oxygen atoms in total. The van der Waals surface area contributed by atoms with Crippen molar-refractivity contribution in [2.75, 3.05) is 0 Å². The summed E-state index contributed by atoms with van der Waals surface area (Å²) >= 11 is 0. The number of nitrogens with one attached hydrogen (secondary N) is 2. The van der Waals surface area contributed by atoms with E-state index in [2.05, 4.69) is 9.97 Å². The number of hydrogen-bond acceptors (Lipinski definition) is 2. The summed E-state index contributed by atoms with van der Waals surface area (Å²) < 4.78 is 0. The van der Waals surface area contributed by atoms with E-state index in [9.17, 15) is 9.90 Å². The van der Waals surface area contributed by atoms with Crippen molar-refractivity contribution < 1.29 is 15.0 Å². The lowest BCUT2D eigenvalue weighted by Crippen LogP contribution is -1.96. The van der Waals surface area contributed by atoms with Crippen LogP contribution in [0.3, 0.4) is 0 Å². The van der Waals surface area contributed by atoms with E-state index in [1.165, 1.54) is 6.07 Å². The topological polar surface area (TPSA) is 89.1 Å². The largest absolute Gasteiger partial charge is 0.508 e. The van der Waals surface area contributed by atoms with Crippen LogP contribution in [0.15, 0.2) is 36.5 Å². The Labute approximate surface area is 102 Å². The number of H-pyrrole nitrogens is 2. The molecule has 18 heavy (non-hydrogen) atoms. The maximum Gasteiger partial charge on any atom is 0.337 e. The number of fused-ring (bicyclic) bond motifs is 1. The standard InChI is InChI=1S/C13H10N2O3/c16-8-2-1-7-5-11(15-10(7)6-8)12-9(13(17)18)3-4-14-12/h1-6,14-16H,(H,17,18). The van der Waals surface area contributed by atoms with Crippen LogP contribution in [0.2, 0.25) is 0 Å². The first-order valence-corrected chi connectivity index (χ1v) is 5.38. The number of rotatable bonds is 2. The van der Waals surface area contributed by atoms with Crippen LogP contribution in [0.25, 0.3) is 22.3 Å². The molecule has 90 valence electrons. The van der Waals surface area contributed by atoms with Gasteiger partial charge in [0, 0.05) is 23.2 Å². The molecule has 0 unspecified atom stereocenters. The molecule has 0 spiro atoms. The van der Waals surface area contributed by atoms with E-state index in [0.717, 1.165) is 10.9 Å². The van der Waals surface area contributed by atoms with E-state index in [1.54, 1.807) is 24.4 Å². The van der Waals surface area contributed by atoms with Crippen LogP contribution in [0.1, 0.15) is 10.4 Å². The minimum atomic E-state index is -0.979. The first-order valence-electron chi connectivity index (χ1n) is 5.38. The molecule has 2 aromatic heterocycles. The van der Waals surface area contributed by atoms with E-state index < -0.39 is 5.97 Å². The van der Waals surface area contributed by atoms with Gasteiger partial charge in [-0.2, -0.15) is 0 Å². The number of carboxylic acids is 1. The molecule has 2 heterocycles. The fourth-order valence-electron chi connectivity index (χ4n) is 2.02. The second kappa shape index (κ2) is 3.66. The second-order valence-corrected chi connectivity index (χ2v) is 4.03. The fourth-order valence-corrected chi connectivity index (χ4v) is 2.02. The van der Waals surface area contributed by atoms with Crippen molar-refractivity contribution >= 4 is 16.9 Å². The highest BCUT2D eigenvalue weighted by molar-refractivity contribution is 5.96. The van der Waals surface area contributed by atoms with Crippen LogP contribution in [0.4, 0.5) is 0 Å². The highest BCUT2D eigenvalue weighted by Gasteiger charge is 2.14. The first-order chi connectivity index (χ1) is 8.65. The molecular weight excluding hydrogens is 232 g/mol. The third-order valence-corrected chi connectivity index (χ3v) is 2.85. The normalized spacial score (nSPS) is 10.9. The maximum absolute atomic E-state index is 11.1. The number of phenolic OH excluding ortho intramolecular Hbond substituents is 1. The number of aromatic nitrogens is 2. The van der Waals surface area contributed by atoms with Crippen LogP contribution in [0.5, 0.6) is 5.75 Å². The lowest BCUT2D eigenvalue weighted by molar-refractivity contribution is 0.0698. The fraction of sp³-hybridized carbons (Fsp3) is 0. The van der Waals surface area contributed by atoms with Gasteiger partial charge in [0.1, 0.15) is 5.75 Å². The number of phenols is 1. The Morgan fingerprint density at radius 3 is 2.78 bits per heavy atom. The molecule has 0 bridgehead atoms. The van der Waals surface area contributed by atoms with Crippen molar-refractivity contribution in [2.24, 2.45) is 0 Å². The van der Waals surface area contributed by atoms with Crippen molar-refractivity contribution in [2.45, 2.75) is 0 Å². The van der Waals surface area contributed by atoms with Gasteiger partial charge in [-0.15, -0.1) is 0 Å². The molecule has 0 aliphatic heterocycles. The Morgan fingerprint density at radius 2 is 2.00 bits per heavy atom. The average molecular weight is 242 g/mol. The van der Waals surface area contributed by atoms with Crippen LogP contribution in [-0.2, 0) is 0 Å². The number of aromatic carboxylic acids is 1. The summed E-state index contributed by atoms with van der Waals surface area (Å²) in [4.78, 5) is 17.0. The molecule has 3 aromatic rings. The van der Waals surface area contributed by atoms with Crippen molar-refractivity contribution in [1.29, 1.82) is 0 Å². The first kappa shape index (κ1) is 10.5. The van der Waals surface area contributed by atoms with Gasteiger partial charge in [0.25, 0.3) is 0 Å². The summed E-state index contributed by atoms with van der Waals surface area (Å²) in [5.74, 6) is -0.811. The molecule has 1 aromatic carbocycles. The van der Waals surface area contributed by atoms with Gasteiger partial charge in [-0.25, -0.2) is 4.79 Å². The minimum absolute atomic E-state index is 0.167. The van der Waals surface area contributed by atoms with Crippen LogP contribution in [0, 0.1) is 0 Å². The van der Waals surface area contributed by atoms with Gasteiger partial charge >= 0.3 is 5.97 Å². The highest BCUT2D eigenvalue weighted by atomic mass is 16.4. The van der Waals surface area contributed by atoms with Gasteiger partial charge in [0.05, 0.1) is 17.0 Å². The Morgan fingerprint density at radius 1 is 1.17 bits per heavy atom. The molecule has 0 aliphatic rings. The van der Waals surface area contributed by atoms with Gasteiger partial charge in [0.15, 0.2) is 0 Å². The van der Waals surface area contributed by atoms with Crippen molar-refractivity contribution in [3.8, 4) is 17.1 Å². The Hall–Kier alpha value is -2.69. The molecule has 0 radical (unpaired) electrons. The van der Waals surface area contributed by atoms with E-state index in [1.807, 2.05) is 6.07 Å². The summed E-state index contributed by atoms with van der Waals surface area (Å²) in [5, 5.41) is 19.4. The molecule has 0 amide bonds. The predicted octanol–water partition coefficient (Wildman–Crippen LogP) is 2.57. The van der Waals surface area contributed by atoms with Crippen molar-refractivity contribution in [1.82, 2.24) is 9.97 Å². The smallest absolute Gasteiger partial charge is 0.337 e. The van der Waals surface area contributed by atoms with E-state index in [4.69, 9.17) is 5.11 Å². The molecule has 5 heteroatoms. The number of benzene rings is 1. The van der Waals surface area contributed by atoms with E-state index >= 15 is 0 Å². The molecule has 0 aliphatic carbocycles. The summed E-state index contributed by atoms with van der Waals surface area (Å²) in [7, 11) is 0. The van der Waals surface area contributed by atoms with Gasteiger partial charge in [-0.05, 0) is 24.3 Å². The zero-order valence-corrected chi connectivity index (χ0v) is 9.27. The monoisotopic (exact) mass is 242 g/mol. The number of hydrogen-bond donors (Lipinski definition) is 4. The van der Waals surface area contributed by atoms with Crippen LogP contribution >= 0.6 is 0 Å². The minimum Gasteiger partial charge on any atom is -0.508 e. The van der Waals surface area contributed by atoms with Crippen LogP contribution < -0.4 is 0 Å². The molecule has 4 N–H and O–H groups in total. The number of aromatic hydroxyl groups is 1. The predicted molar refractivity (Wildman–Crippen MR) is 66.7 cm³/mol. The van der Waals surface area contributed by atoms with E-state index in [-0.39, 0.29) is 11.3 Å². The number of carboxylic acid groups (broad SMARTS) is 1. The third-order valence-electron chi connectivity index (χ3n) is 2.85. The van der Waals surface area contributed by atoms with Crippen molar-refractivity contribution in [3.05, 3.63) is 42.1 Å². The van der Waals surface area contributed by atoms with E-state index in [0.29, 0.717) is 11.4 Å². The zero-order chi connectivity index (χ0) is 12.7. The Balaban J connectivity index is 2.19. The second-order valence-electron chi connectivity index (χ2n) is 4.03. The summed E-state index contributed by atoms with van der Waals surface area (Å²) in [6, 6.07) is 8.32. The number of carbonyl (C=O) groups is 1. The molecule has 0 atom stereocenters. The van der Waals surface area contributed by atoms with Gasteiger partial charge < -0.3 is 20.2 Å². The molecule has 0 fully saturated rings. The molecule has 0 saturated carbocycles. The maximum atomic E-state index is 11.1. The Kier molecular flexibility index (Phi) is 2.13.